The highest BCUT2D eigenvalue weighted by atomic mass is 79.9. The summed E-state index contributed by atoms with van der Waals surface area (Å²) in [4.78, 5) is 29.6. The molecule has 11 heteroatoms. The van der Waals surface area contributed by atoms with Crippen molar-refractivity contribution in [3.05, 3.63) is 52.1 Å². The lowest BCUT2D eigenvalue weighted by molar-refractivity contribution is -0.119. The van der Waals surface area contributed by atoms with E-state index >= 15 is 0 Å². The lowest BCUT2D eigenvalue weighted by atomic mass is 9.84. The minimum absolute atomic E-state index is 0. The van der Waals surface area contributed by atoms with E-state index in [1.165, 1.54) is 0 Å². The number of amidine groups is 1. The average Bonchev–Trinajstić information content (AvgIpc) is 3.45. The van der Waals surface area contributed by atoms with Crippen LogP contribution in [0, 0.1) is 5.41 Å². The highest BCUT2D eigenvalue weighted by Gasteiger charge is 2.35. The van der Waals surface area contributed by atoms with Gasteiger partial charge in [0.25, 0.3) is 0 Å². The maximum absolute atomic E-state index is 13.8. The van der Waals surface area contributed by atoms with Crippen LogP contribution in [0.4, 0.5) is 5.69 Å². The molecule has 0 spiro atoms. The first-order valence-corrected chi connectivity index (χ1v) is 14.0. The highest BCUT2D eigenvalue weighted by Crippen LogP contribution is 2.41. The van der Waals surface area contributed by atoms with E-state index in [9.17, 15) is 14.7 Å². The molecule has 0 aliphatic carbocycles. The van der Waals surface area contributed by atoms with E-state index in [4.69, 9.17) is 19.6 Å². The number of hydrogen-bond acceptors (Lipinski definition) is 8. The number of carbonyl (C=O) groups excluding carboxylic acids is 2. The summed E-state index contributed by atoms with van der Waals surface area (Å²) in [5, 5.41) is 22.0. The zero-order valence-electron chi connectivity index (χ0n) is 25.5. The number of carbonyl (C=O) groups is 2. The van der Waals surface area contributed by atoms with E-state index in [0.717, 1.165) is 16.8 Å². The number of β-amino-alcohol motifs (C(OH)–C–C–N with tert-alkyl or cyclic N) is 1. The van der Waals surface area contributed by atoms with E-state index in [-0.39, 0.29) is 59.0 Å². The van der Waals surface area contributed by atoms with Crippen LogP contribution in [0.25, 0.3) is 0 Å². The van der Waals surface area contributed by atoms with Crippen molar-refractivity contribution in [1.29, 1.82) is 5.41 Å². The van der Waals surface area contributed by atoms with E-state index in [0.29, 0.717) is 54.4 Å². The van der Waals surface area contributed by atoms with Gasteiger partial charge in [-0.3, -0.25) is 15.0 Å². The minimum Gasteiger partial charge on any atom is -0.494 e. The number of aliphatic hydroxyl groups is 1. The Hall–Kier alpha value is -3.15. The zero-order valence-corrected chi connectivity index (χ0v) is 27.2. The van der Waals surface area contributed by atoms with E-state index in [1.54, 1.807) is 26.2 Å². The van der Waals surface area contributed by atoms with E-state index < -0.39 is 6.10 Å². The third-order valence-electron chi connectivity index (χ3n) is 7.77. The van der Waals surface area contributed by atoms with Crippen molar-refractivity contribution in [3.8, 4) is 11.5 Å². The van der Waals surface area contributed by atoms with Gasteiger partial charge in [-0.25, -0.2) is 0 Å². The SMILES string of the molecule is Br.CCOc1cc2c(cc1CC(=O)NC)C(=N)N(CC(=O)c1cc(N3CC(O)C(OC)C3)c(OC)c(C(C)(C)C)c1)C2. The van der Waals surface area contributed by atoms with E-state index in [2.05, 4.69) is 26.1 Å². The van der Waals surface area contributed by atoms with Crippen molar-refractivity contribution in [2.75, 3.05) is 52.4 Å². The number of amides is 1. The fourth-order valence-electron chi connectivity index (χ4n) is 5.53. The van der Waals surface area contributed by atoms with Crippen molar-refractivity contribution >= 4 is 40.2 Å². The molecule has 1 saturated heterocycles. The standard InChI is InChI=1S/C31H42N4O6.BrH/c1-8-41-26-12-20-14-35(30(32)21(20)9-19(26)13-28(38)33-5)15-24(36)18-10-22(31(2,3)4)29(40-7)23(11-18)34-16-25(37)27(17-34)39-6;/h9-12,25,27,32,37H,8,13-17H2,1-7H3,(H,33,38);1H. The number of halogens is 1. The van der Waals surface area contributed by atoms with Crippen molar-refractivity contribution in [2.45, 2.75) is 58.3 Å². The van der Waals surface area contributed by atoms with Crippen molar-refractivity contribution in [1.82, 2.24) is 10.2 Å². The van der Waals surface area contributed by atoms with Gasteiger partial charge in [0.1, 0.15) is 23.4 Å². The number of methoxy groups -OCH3 is 2. The van der Waals surface area contributed by atoms with Gasteiger partial charge >= 0.3 is 0 Å². The van der Waals surface area contributed by atoms with Gasteiger partial charge < -0.3 is 34.4 Å². The highest BCUT2D eigenvalue weighted by molar-refractivity contribution is 8.93. The molecule has 230 valence electrons. The molecule has 2 aromatic rings. The van der Waals surface area contributed by atoms with Crippen LogP contribution in [0.3, 0.4) is 0 Å². The molecular formula is C31H43BrN4O6. The van der Waals surface area contributed by atoms with Crippen molar-refractivity contribution in [3.63, 3.8) is 0 Å². The van der Waals surface area contributed by atoms with Crippen LogP contribution in [0.1, 0.15) is 60.3 Å². The van der Waals surface area contributed by atoms with Crippen LogP contribution >= 0.6 is 17.0 Å². The van der Waals surface area contributed by atoms with Gasteiger partial charge in [-0.2, -0.15) is 0 Å². The number of likely N-dealkylation sites (N-methyl/N-ethyl adjacent to an activating group) is 1. The fraction of sp³-hybridized carbons (Fsp3) is 0.516. The lowest BCUT2D eigenvalue weighted by Crippen LogP contribution is -2.31. The molecule has 42 heavy (non-hydrogen) atoms. The quantitative estimate of drug-likeness (QED) is 0.335. The third-order valence-corrected chi connectivity index (χ3v) is 7.77. The second kappa shape index (κ2) is 13.4. The number of anilines is 1. The number of Topliss-reactive ketones (excluding diaryl/α,β-unsaturated/α-hetero) is 1. The van der Waals surface area contributed by atoms with E-state index in [1.807, 2.05) is 36.1 Å². The molecule has 1 fully saturated rings. The largest absolute Gasteiger partial charge is 0.494 e. The number of benzene rings is 2. The second-order valence-corrected chi connectivity index (χ2v) is 11.6. The van der Waals surface area contributed by atoms with Crippen LogP contribution in [0.2, 0.25) is 0 Å². The van der Waals surface area contributed by atoms with Gasteiger partial charge in [0.15, 0.2) is 5.78 Å². The monoisotopic (exact) mass is 646 g/mol. The Bertz CT molecular complexity index is 1340. The summed E-state index contributed by atoms with van der Waals surface area (Å²) in [6.45, 7) is 9.79. The van der Waals surface area contributed by atoms with Gasteiger partial charge in [-0.15, -0.1) is 17.0 Å². The number of hydrogen-bond donors (Lipinski definition) is 3. The molecule has 0 radical (unpaired) electrons. The second-order valence-electron chi connectivity index (χ2n) is 11.6. The molecular weight excluding hydrogens is 604 g/mol. The molecule has 2 aromatic carbocycles. The minimum atomic E-state index is -0.652. The predicted octanol–water partition coefficient (Wildman–Crippen LogP) is 3.48. The number of ether oxygens (including phenoxy) is 3. The lowest BCUT2D eigenvalue weighted by Gasteiger charge is -2.29. The summed E-state index contributed by atoms with van der Waals surface area (Å²) in [6, 6.07) is 7.41. The molecule has 2 aliphatic heterocycles. The molecule has 1 amide bonds. The summed E-state index contributed by atoms with van der Waals surface area (Å²) < 4.78 is 17.1. The van der Waals surface area contributed by atoms with Gasteiger partial charge in [0.05, 0.1) is 38.5 Å². The molecule has 3 N–H and O–H groups in total. The Morgan fingerprint density at radius 2 is 1.86 bits per heavy atom. The Morgan fingerprint density at radius 1 is 1.14 bits per heavy atom. The van der Waals surface area contributed by atoms with Gasteiger partial charge in [0, 0.05) is 56.0 Å². The molecule has 0 saturated carbocycles. The Morgan fingerprint density at radius 3 is 2.43 bits per heavy atom. The zero-order chi connectivity index (χ0) is 30.1. The number of nitrogens with one attached hydrogen (secondary N) is 2. The fourth-order valence-corrected chi connectivity index (χ4v) is 5.53. The Kier molecular flexibility index (Phi) is 10.7. The predicted molar refractivity (Wildman–Crippen MR) is 168 cm³/mol. The van der Waals surface area contributed by atoms with Gasteiger partial charge in [-0.05, 0) is 42.2 Å². The summed E-state index contributed by atoms with van der Waals surface area (Å²) in [6.07, 6.45) is -0.846. The van der Waals surface area contributed by atoms with Crippen LogP contribution in [-0.4, -0.2) is 87.2 Å². The molecule has 2 aliphatic rings. The van der Waals surface area contributed by atoms with Crippen LogP contribution in [0.15, 0.2) is 24.3 Å². The summed E-state index contributed by atoms with van der Waals surface area (Å²) >= 11 is 0. The normalized spacial score (nSPS) is 18.0. The molecule has 10 nitrogen and oxygen atoms in total. The number of nitrogens with zero attached hydrogens (tertiary/aromatic N) is 2. The summed E-state index contributed by atoms with van der Waals surface area (Å²) in [5.74, 6) is 1.26. The summed E-state index contributed by atoms with van der Waals surface area (Å²) in [7, 11) is 4.79. The number of rotatable bonds is 10. The Balaban J connectivity index is 0.00000484. The first-order chi connectivity index (χ1) is 19.4. The molecule has 0 aromatic heterocycles. The van der Waals surface area contributed by atoms with Crippen LogP contribution < -0.4 is 19.7 Å². The van der Waals surface area contributed by atoms with Crippen molar-refractivity contribution in [2.24, 2.45) is 0 Å². The van der Waals surface area contributed by atoms with Crippen LogP contribution in [-0.2, 0) is 27.9 Å². The maximum atomic E-state index is 13.8. The molecule has 0 bridgehead atoms. The third kappa shape index (κ3) is 6.74. The smallest absolute Gasteiger partial charge is 0.224 e. The van der Waals surface area contributed by atoms with Gasteiger partial charge in [0.2, 0.25) is 5.91 Å². The maximum Gasteiger partial charge on any atom is 0.224 e. The first-order valence-electron chi connectivity index (χ1n) is 14.0. The van der Waals surface area contributed by atoms with Gasteiger partial charge in [-0.1, -0.05) is 20.8 Å². The molecule has 4 rings (SSSR count). The topological polar surface area (TPSA) is 124 Å². The summed E-state index contributed by atoms with van der Waals surface area (Å²) in [5.41, 5.74) is 4.11. The Labute approximate surface area is 258 Å². The number of aliphatic hydroxyl groups excluding tert-OH is 1. The number of fused-ring (bicyclic) bond motifs is 1. The molecule has 2 heterocycles. The van der Waals surface area contributed by atoms with Crippen LogP contribution in [0.5, 0.6) is 11.5 Å². The van der Waals surface area contributed by atoms with Crippen molar-refractivity contribution < 1.29 is 28.9 Å². The average molecular weight is 648 g/mol. The molecule has 2 unspecified atom stereocenters. The number of ketones is 1. The molecule has 2 atom stereocenters. The first kappa shape index (κ1) is 33.4.